The number of aromatic amines is 1. The van der Waals surface area contributed by atoms with Crippen molar-refractivity contribution in [1.29, 1.82) is 5.26 Å². The Morgan fingerprint density at radius 1 is 1.24 bits per heavy atom. The van der Waals surface area contributed by atoms with Crippen molar-refractivity contribution in [2.45, 2.75) is 0 Å². The second kappa shape index (κ2) is 5.62. The first-order valence-corrected chi connectivity index (χ1v) is 7.34. The fraction of sp³-hybridized carbons (Fsp3) is 0. The molecule has 7 heteroatoms. The van der Waals surface area contributed by atoms with E-state index in [1.165, 1.54) is 18.4 Å². The first kappa shape index (κ1) is 14.7. The van der Waals surface area contributed by atoms with Gasteiger partial charge in [0.25, 0.3) is 0 Å². The molecule has 0 fully saturated rings. The van der Waals surface area contributed by atoms with E-state index in [-0.39, 0.29) is 5.56 Å². The quantitative estimate of drug-likeness (QED) is 0.594. The number of furan rings is 1. The molecule has 3 aromatic heterocycles. The van der Waals surface area contributed by atoms with E-state index < -0.39 is 5.97 Å². The number of hydrogen-bond acceptors (Lipinski definition) is 5. The molecule has 0 amide bonds. The Balaban J connectivity index is 2.01. The molecule has 0 atom stereocenters. The van der Waals surface area contributed by atoms with E-state index in [2.05, 4.69) is 21.3 Å². The van der Waals surface area contributed by atoms with Gasteiger partial charge < -0.3 is 9.52 Å². The highest BCUT2D eigenvalue weighted by molar-refractivity contribution is 5.98. The summed E-state index contributed by atoms with van der Waals surface area (Å²) < 4.78 is 5.48. The van der Waals surface area contributed by atoms with E-state index >= 15 is 0 Å². The molecule has 0 saturated carbocycles. The number of rotatable bonds is 3. The van der Waals surface area contributed by atoms with Crippen LogP contribution in [-0.2, 0) is 0 Å². The number of aromatic carboxylic acids is 1. The second-order valence-electron chi connectivity index (χ2n) is 5.31. The van der Waals surface area contributed by atoms with Crippen molar-refractivity contribution >= 4 is 17.0 Å². The molecule has 3 heterocycles. The summed E-state index contributed by atoms with van der Waals surface area (Å²) in [5, 5.41) is 26.3. The number of fused-ring (bicyclic) bond motifs is 1. The van der Waals surface area contributed by atoms with Gasteiger partial charge >= 0.3 is 5.97 Å². The van der Waals surface area contributed by atoms with Crippen molar-refractivity contribution in [3.05, 3.63) is 60.0 Å². The van der Waals surface area contributed by atoms with Crippen LogP contribution in [0, 0.1) is 11.3 Å². The Labute approximate surface area is 141 Å². The monoisotopic (exact) mass is 330 g/mol. The third kappa shape index (κ3) is 2.33. The number of pyridine rings is 1. The summed E-state index contributed by atoms with van der Waals surface area (Å²) in [7, 11) is 0. The summed E-state index contributed by atoms with van der Waals surface area (Å²) in [5.41, 5.74) is 2.68. The molecule has 0 radical (unpaired) electrons. The van der Waals surface area contributed by atoms with Gasteiger partial charge in [-0.3, -0.25) is 5.10 Å². The number of nitrogens with zero attached hydrogens (tertiary/aromatic N) is 3. The average molecular weight is 330 g/mol. The third-order valence-electron chi connectivity index (χ3n) is 3.88. The zero-order valence-corrected chi connectivity index (χ0v) is 12.7. The lowest BCUT2D eigenvalue weighted by Gasteiger charge is -2.09. The first-order chi connectivity index (χ1) is 12.2. The van der Waals surface area contributed by atoms with Crippen molar-refractivity contribution < 1.29 is 14.3 Å². The molecule has 0 aliphatic rings. The SMILES string of the molecule is N#Cc1c(-c2ccc(C(=O)O)cc2)nc2[nH]ncc2c1-c1ccco1. The molecule has 1 aromatic carbocycles. The van der Waals surface area contributed by atoms with E-state index in [1.54, 1.807) is 30.5 Å². The van der Waals surface area contributed by atoms with Crippen molar-refractivity contribution in [2.24, 2.45) is 0 Å². The maximum atomic E-state index is 11.0. The van der Waals surface area contributed by atoms with Gasteiger partial charge in [0.15, 0.2) is 5.65 Å². The van der Waals surface area contributed by atoms with Crippen molar-refractivity contribution in [1.82, 2.24) is 15.2 Å². The van der Waals surface area contributed by atoms with Crippen LogP contribution in [0.4, 0.5) is 0 Å². The van der Waals surface area contributed by atoms with Gasteiger partial charge in [0.2, 0.25) is 0 Å². The van der Waals surface area contributed by atoms with Gasteiger partial charge in [-0.25, -0.2) is 9.78 Å². The standard InChI is InChI=1S/C18H10N4O3/c19-8-12-15(14-2-1-7-25-14)13-9-20-22-17(13)21-16(12)10-3-5-11(6-4-10)18(23)24/h1-7,9H,(H,23,24)(H,20,21,22). The molecule has 0 bridgehead atoms. The van der Waals surface area contributed by atoms with Gasteiger partial charge in [0, 0.05) is 11.1 Å². The fourth-order valence-electron chi connectivity index (χ4n) is 2.73. The Morgan fingerprint density at radius 3 is 2.68 bits per heavy atom. The molecule has 120 valence electrons. The lowest BCUT2D eigenvalue weighted by molar-refractivity contribution is 0.0697. The van der Waals surface area contributed by atoms with Crippen LogP contribution in [0.15, 0.2) is 53.3 Å². The lowest BCUT2D eigenvalue weighted by atomic mass is 9.97. The normalized spacial score (nSPS) is 10.7. The van der Waals surface area contributed by atoms with Crippen LogP contribution in [0.1, 0.15) is 15.9 Å². The molecule has 4 aromatic rings. The summed E-state index contributed by atoms with van der Waals surface area (Å²) in [6, 6.07) is 11.9. The molecule has 0 aliphatic carbocycles. The highest BCUT2D eigenvalue weighted by atomic mass is 16.4. The molecule has 7 nitrogen and oxygen atoms in total. The van der Waals surface area contributed by atoms with E-state index in [0.29, 0.717) is 39.2 Å². The fourth-order valence-corrected chi connectivity index (χ4v) is 2.73. The zero-order chi connectivity index (χ0) is 17.4. The molecular formula is C18H10N4O3. The number of carboxylic acids is 1. The smallest absolute Gasteiger partial charge is 0.335 e. The van der Waals surface area contributed by atoms with Crippen molar-refractivity contribution in [3.8, 4) is 28.7 Å². The average Bonchev–Trinajstić information content (AvgIpc) is 3.31. The maximum absolute atomic E-state index is 11.0. The second-order valence-corrected chi connectivity index (χ2v) is 5.31. The summed E-state index contributed by atoms with van der Waals surface area (Å²) in [4.78, 5) is 15.5. The Hall–Kier alpha value is -3.92. The molecule has 0 spiro atoms. The lowest BCUT2D eigenvalue weighted by Crippen LogP contribution is -1.98. The summed E-state index contributed by atoms with van der Waals surface area (Å²) in [5.74, 6) is -0.478. The number of carboxylic acid groups (broad SMARTS) is 1. The van der Waals surface area contributed by atoms with Crippen LogP contribution >= 0.6 is 0 Å². The minimum atomic E-state index is -1.01. The predicted molar refractivity (Wildman–Crippen MR) is 88.7 cm³/mol. The van der Waals surface area contributed by atoms with Crippen molar-refractivity contribution in [2.75, 3.05) is 0 Å². The van der Waals surface area contributed by atoms with Crippen LogP contribution in [0.2, 0.25) is 0 Å². The predicted octanol–water partition coefficient (Wildman–Crippen LogP) is 3.45. The minimum Gasteiger partial charge on any atom is -0.478 e. The van der Waals surface area contributed by atoms with Gasteiger partial charge in [-0.15, -0.1) is 0 Å². The summed E-state index contributed by atoms with van der Waals surface area (Å²) >= 11 is 0. The van der Waals surface area contributed by atoms with Crippen LogP contribution in [0.25, 0.3) is 33.6 Å². The summed E-state index contributed by atoms with van der Waals surface area (Å²) in [6.07, 6.45) is 3.13. The number of hydrogen-bond donors (Lipinski definition) is 2. The molecule has 25 heavy (non-hydrogen) atoms. The van der Waals surface area contributed by atoms with E-state index in [9.17, 15) is 10.1 Å². The maximum Gasteiger partial charge on any atom is 0.335 e. The third-order valence-corrected chi connectivity index (χ3v) is 3.88. The largest absolute Gasteiger partial charge is 0.478 e. The van der Waals surface area contributed by atoms with Crippen LogP contribution in [0.3, 0.4) is 0 Å². The van der Waals surface area contributed by atoms with E-state index in [4.69, 9.17) is 9.52 Å². The molecular weight excluding hydrogens is 320 g/mol. The first-order valence-electron chi connectivity index (χ1n) is 7.34. The number of aromatic nitrogens is 3. The van der Waals surface area contributed by atoms with Gasteiger partial charge in [0.05, 0.1) is 34.7 Å². The van der Waals surface area contributed by atoms with Crippen LogP contribution < -0.4 is 0 Å². The molecule has 2 N–H and O–H groups in total. The number of nitrogens with one attached hydrogen (secondary N) is 1. The van der Waals surface area contributed by atoms with Gasteiger partial charge in [0.1, 0.15) is 11.8 Å². The highest BCUT2D eigenvalue weighted by Crippen LogP contribution is 2.36. The molecule has 0 aliphatic heterocycles. The number of benzene rings is 1. The van der Waals surface area contributed by atoms with Gasteiger partial charge in [-0.2, -0.15) is 10.4 Å². The topological polar surface area (TPSA) is 116 Å². The molecule has 0 saturated heterocycles. The molecule has 4 rings (SSSR count). The van der Waals surface area contributed by atoms with Crippen LogP contribution in [-0.4, -0.2) is 26.3 Å². The zero-order valence-electron chi connectivity index (χ0n) is 12.7. The minimum absolute atomic E-state index is 0.163. The number of nitriles is 1. The van der Waals surface area contributed by atoms with E-state index in [1.807, 2.05) is 0 Å². The number of carbonyl (C=O) groups is 1. The van der Waals surface area contributed by atoms with Gasteiger partial charge in [-0.05, 0) is 24.3 Å². The number of H-pyrrole nitrogens is 1. The Kier molecular flexibility index (Phi) is 3.29. The van der Waals surface area contributed by atoms with E-state index in [0.717, 1.165) is 0 Å². The highest BCUT2D eigenvalue weighted by Gasteiger charge is 2.20. The Morgan fingerprint density at radius 2 is 2.04 bits per heavy atom. The molecule has 0 unspecified atom stereocenters. The Bertz CT molecular complexity index is 1120. The van der Waals surface area contributed by atoms with Gasteiger partial charge in [-0.1, -0.05) is 12.1 Å². The van der Waals surface area contributed by atoms with Crippen LogP contribution in [0.5, 0.6) is 0 Å². The van der Waals surface area contributed by atoms with Crippen molar-refractivity contribution in [3.63, 3.8) is 0 Å². The summed E-state index contributed by atoms with van der Waals surface area (Å²) in [6.45, 7) is 0.